The molecule has 1 aromatic rings. The van der Waals surface area contributed by atoms with Crippen molar-refractivity contribution in [2.75, 3.05) is 20.3 Å². The fraction of sp³-hybridized carbons (Fsp3) is 0.571. The van der Waals surface area contributed by atoms with Gasteiger partial charge in [-0.2, -0.15) is 0 Å². The van der Waals surface area contributed by atoms with Gasteiger partial charge in [0.2, 0.25) is 10.0 Å². The lowest BCUT2D eigenvalue weighted by Crippen LogP contribution is -2.40. The normalized spacial score (nSPS) is 22.4. The Morgan fingerprint density at radius 3 is 2.62 bits per heavy atom. The highest BCUT2D eigenvalue weighted by atomic mass is 32.2. The van der Waals surface area contributed by atoms with Crippen LogP contribution in [-0.4, -0.2) is 46.0 Å². The lowest BCUT2D eigenvalue weighted by Gasteiger charge is -2.19. The Morgan fingerprint density at radius 1 is 1.29 bits per heavy atom. The zero-order chi connectivity index (χ0) is 15.3. The summed E-state index contributed by atoms with van der Waals surface area (Å²) in [6, 6.07) is 5.96. The van der Waals surface area contributed by atoms with Gasteiger partial charge in [0.05, 0.1) is 17.6 Å². The fourth-order valence-electron chi connectivity index (χ4n) is 2.49. The summed E-state index contributed by atoms with van der Waals surface area (Å²) in [5.74, 6) is 0.527. The Labute approximate surface area is 125 Å². The number of methoxy groups -OCH3 is 1. The van der Waals surface area contributed by atoms with Crippen LogP contribution in [0, 0.1) is 0 Å². The van der Waals surface area contributed by atoms with Crippen LogP contribution in [0.3, 0.4) is 0 Å². The quantitative estimate of drug-likeness (QED) is 0.781. The third-order valence-electron chi connectivity index (χ3n) is 3.56. The molecule has 2 rings (SSSR count). The summed E-state index contributed by atoms with van der Waals surface area (Å²) in [7, 11) is -1.96. The van der Waals surface area contributed by atoms with E-state index < -0.39 is 10.0 Å². The summed E-state index contributed by atoms with van der Waals surface area (Å²) < 4.78 is 37.9. The van der Waals surface area contributed by atoms with E-state index in [0.717, 1.165) is 19.3 Å². The molecule has 118 valence electrons. The van der Waals surface area contributed by atoms with Gasteiger partial charge in [-0.1, -0.05) is 0 Å². The first-order chi connectivity index (χ1) is 10.1. The molecule has 0 bridgehead atoms. The zero-order valence-electron chi connectivity index (χ0n) is 12.0. The number of aliphatic hydroxyl groups is 1. The number of rotatable bonds is 7. The van der Waals surface area contributed by atoms with E-state index in [1.165, 1.54) is 12.1 Å². The summed E-state index contributed by atoms with van der Waals surface area (Å²) in [5, 5.41) is 8.68. The molecule has 2 unspecified atom stereocenters. The van der Waals surface area contributed by atoms with Gasteiger partial charge in [-0.25, -0.2) is 13.1 Å². The Bertz CT molecular complexity index is 543. The van der Waals surface area contributed by atoms with Gasteiger partial charge in [-0.3, -0.25) is 0 Å². The van der Waals surface area contributed by atoms with Crippen molar-refractivity contribution in [2.24, 2.45) is 0 Å². The third-order valence-corrected chi connectivity index (χ3v) is 5.06. The molecular weight excluding hydrogens is 294 g/mol. The molecule has 1 aromatic carbocycles. The third kappa shape index (κ3) is 4.16. The molecule has 1 fully saturated rings. The predicted molar refractivity (Wildman–Crippen MR) is 77.8 cm³/mol. The Morgan fingerprint density at radius 2 is 2.00 bits per heavy atom. The van der Waals surface area contributed by atoms with E-state index in [-0.39, 0.29) is 30.3 Å². The predicted octanol–water partition coefficient (Wildman–Crippen LogP) is 0.903. The van der Waals surface area contributed by atoms with Crippen molar-refractivity contribution in [3.8, 4) is 5.75 Å². The number of hydrogen-bond donors (Lipinski definition) is 2. The van der Waals surface area contributed by atoms with E-state index in [2.05, 4.69) is 4.72 Å². The minimum absolute atomic E-state index is 0.0630. The van der Waals surface area contributed by atoms with E-state index in [0.29, 0.717) is 5.75 Å². The summed E-state index contributed by atoms with van der Waals surface area (Å²) >= 11 is 0. The first-order valence-electron chi connectivity index (χ1n) is 6.95. The van der Waals surface area contributed by atoms with Crippen molar-refractivity contribution >= 4 is 10.0 Å². The van der Waals surface area contributed by atoms with E-state index in [9.17, 15) is 8.42 Å². The number of sulfonamides is 1. The summed E-state index contributed by atoms with van der Waals surface area (Å²) in [6.45, 7) is 0.101. The van der Waals surface area contributed by atoms with Gasteiger partial charge in [0.25, 0.3) is 0 Å². The average molecular weight is 315 g/mol. The molecule has 0 saturated heterocycles. The Kier molecular flexibility index (Phi) is 5.58. The van der Waals surface area contributed by atoms with E-state index >= 15 is 0 Å². The topological polar surface area (TPSA) is 84.9 Å². The van der Waals surface area contributed by atoms with E-state index in [1.54, 1.807) is 19.2 Å². The van der Waals surface area contributed by atoms with Gasteiger partial charge in [-0.05, 0) is 43.5 Å². The minimum atomic E-state index is -3.56. The number of hydrogen-bond acceptors (Lipinski definition) is 5. The lowest BCUT2D eigenvalue weighted by molar-refractivity contribution is 0.0916. The van der Waals surface area contributed by atoms with Crippen LogP contribution in [0.4, 0.5) is 0 Å². The molecule has 2 atom stereocenters. The largest absolute Gasteiger partial charge is 0.491 e. The van der Waals surface area contributed by atoms with E-state index in [4.69, 9.17) is 14.6 Å². The van der Waals surface area contributed by atoms with Crippen LogP contribution in [0.2, 0.25) is 0 Å². The molecule has 1 aliphatic rings. The maximum atomic E-state index is 12.3. The van der Waals surface area contributed by atoms with Gasteiger partial charge in [0.1, 0.15) is 12.4 Å². The summed E-state index contributed by atoms with van der Waals surface area (Å²) in [4.78, 5) is 0.195. The van der Waals surface area contributed by atoms with Crippen molar-refractivity contribution in [2.45, 2.75) is 36.3 Å². The van der Waals surface area contributed by atoms with Gasteiger partial charge in [0, 0.05) is 13.2 Å². The van der Waals surface area contributed by atoms with Crippen LogP contribution in [0.15, 0.2) is 29.2 Å². The molecule has 0 aromatic heterocycles. The second-order valence-electron chi connectivity index (χ2n) is 4.98. The maximum Gasteiger partial charge on any atom is 0.240 e. The first-order valence-corrected chi connectivity index (χ1v) is 8.44. The molecular formula is C14H21NO5S. The van der Waals surface area contributed by atoms with Gasteiger partial charge >= 0.3 is 0 Å². The van der Waals surface area contributed by atoms with Crippen molar-refractivity contribution < 1.29 is 23.0 Å². The second-order valence-corrected chi connectivity index (χ2v) is 6.69. The highest BCUT2D eigenvalue weighted by molar-refractivity contribution is 7.89. The zero-order valence-corrected chi connectivity index (χ0v) is 12.8. The average Bonchev–Trinajstić information content (AvgIpc) is 2.92. The van der Waals surface area contributed by atoms with Crippen LogP contribution in [-0.2, 0) is 14.8 Å². The van der Waals surface area contributed by atoms with Gasteiger partial charge in [-0.15, -0.1) is 0 Å². The highest BCUT2D eigenvalue weighted by Crippen LogP contribution is 2.24. The molecule has 1 saturated carbocycles. The standard InChI is InChI=1S/C14H21NO5S/c1-19-14-4-2-3-13(14)15-21(17,18)12-7-5-11(6-8-12)20-10-9-16/h5-8,13-16H,2-4,9-10H2,1H3. The molecule has 6 nitrogen and oxygen atoms in total. The number of nitrogens with one attached hydrogen (secondary N) is 1. The highest BCUT2D eigenvalue weighted by Gasteiger charge is 2.31. The van der Waals surface area contributed by atoms with Crippen molar-refractivity contribution in [3.63, 3.8) is 0 Å². The molecule has 0 radical (unpaired) electrons. The smallest absolute Gasteiger partial charge is 0.240 e. The Hall–Kier alpha value is -1.15. The summed E-state index contributed by atoms with van der Waals surface area (Å²) in [6.07, 6.45) is 2.55. The molecule has 0 heterocycles. The van der Waals surface area contributed by atoms with Crippen LogP contribution < -0.4 is 9.46 Å². The van der Waals surface area contributed by atoms with Crippen LogP contribution in [0.1, 0.15) is 19.3 Å². The van der Waals surface area contributed by atoms with Crippen molar-refractivity contribution in [1.29, 1.82) is 0 Å². The fourth-order valence-corrected chi connectivity index (χ4v) is 3.79. The van der Waals surface area contributed by atoms with Crippen LogP contribution in [0.5, 0.6) is 5.75 Å². The number of aliphatic hydroxyl groups excluding tert-OH is 1. The van der Waals surface area contributed by atoms with Crippen LogP contribution in [0.25, 0.3) is 0 Å². The molecule has 1 aliphatic carbocycles. The SMILES string of the molecule is COC1CCCC1NS(=O)(=O)c1ccc(OCCO)cc1. The Balaban J connectivity index is 2.05. The molecule has 21 heavy (non-hydrogen) atoms. The van der Waals surface area contributed by atoms with Gasteiger partial charge < -0.3 is 14.6 Å². The molecule has 0 spiro atoms. The second kappa shape index (κ2) is 7.22. The van der Waals surface area contributed by atoms with Gasteiger partial charge in [0.15, 0.2) is 0 Å². The van der Waals surface area contributed by atoms with E-state index in [1.807, 2.05) is 0 Å². The van der Waals surface area contributed by atoms with Crippen LogP contribution >= 0.6 is 0 Å². The number of ether oxygens (including phenoxy) is 2. The maximum absolute atomic E-state index is 12.3. The first kappa shape index (κ1) is 16.2. The molecule has 0 aliphatic heterocycles. The summed E-state index contributed by atoms with van der Waals surface area (Å²) in [5.41, 5.74) is 0. The number of benzene rings is 1. The van der Waals surface area contributed by atoms with Crippen molar-refractivity contribution in [1.82, 2.24) is 4.72 Å². The monoisotopic (exact) mass is 315 g/mol. The molecule has 0 amide bonds. The molecule has 7 heteroatoms. The van der Waals surface area contributed by atoms with Crippen molar-refractivity contribution in [3.05, 3.63) is 24.3 Å². The minimum Gasteiger partial charge on any atom is -0.491 e. The lowest BCUT2D eigenvalue weighted by atomic mass is 10.2. The molecule has 2 N–H and O–H groups in total.